The van der Waals surface area contributed by atoms with Crippen LogP contribution in [0.5, 0.6) is 11.5 Å². The zero-order chi connectivity index (χ0) is 11.5. The summed E-state index contributed by atoms with van der Waals surface area (Å²) in [5.74, 6) is 0.678. The molecule has 0 radical (unpaired) electrons. The highest BCUT2D eigenvalue weighted by Gasteiger charge is 2.04. The first-order valence-corrected chi connectivity index (χ1v) is 5.55. The molecule has 0 saturated heterocycles. The molecule has 0 fully saturated rings. The minimum atomic E-state index is -0.302. The van der Waals surface area contributed by atoms with Gasteiger partial charge < -0.3 is 4.74 Å². The SMILES string of the molecule is Cc1ccc(Oc2csc(C=O)c2)cc1F. The average molecular weight is 236 g/mol. The van der Waals surface area contributed by atoms with E-state index >= 15 is 0 Å². The Bertz CT molecular complexity index is 519. The Morgan fingerprint density at radius 3 is 2.75 bits per heavy atom. The molecule has 2 rings (SSSR count). The number of carbonyl (C=O) groups excluding carboxylic acids is 1. The van der Waals surface area contributed by atoms with E-state index in [2.05, 4.69) is 0 Å². The molecule has 4 heteroatoms. The molecule has 82 valence electrons. The van der Waals surface area contributed by atoms with Gasteiger partial charge in [-0.25, -0.2) is 4.39 Å². The smallest absolute Gasteiger partial charge is 0.160 e. The number of aldehydes is 1. The molecule has 1 heterocycles. The van der Waals surface area contributed by atoms with E-state index in [0.29, 0.717) is 21.9 Å². The van der Waals surface area contributed by atoms with Crippen LogP contribution in [-0.2, 0) is 0 Å². The number of rotatable bonds is 3. The van der Waals surface area contributed by atoms with Gasteiger partial charge in [-0.1, -0.05) is 6.07 Å². The lowest BCUT2D eigenvalue weighted by atomic mass is 10.2. The third-order valence-electron chi connectivity index (χ3n) is 2.09. The first-order valence-electron chi connectivity index (χ1n) is 4.67. The van der Waals surface area contributed by atoms with Crippen LogP contribution in [0, 0.1) is 12.7 Å². The van der Waals surface area contributed by atoms with Gasteiger partial charge in [0.15, 0.2) is 6.29 Å². The Balaban J connectivity index is 2.20. The van der Waals surface area contributed by atoms with Gasteiger partial charge in [0.1, 0.15) is 17.3 Å². The molecule has 2 aromatic rings. The molecule has 0 spiro atoms. The van der Waals surface area contributed by atoms with Crippen molar-refractivity contribution in [2.24, 2.45) is 0 Å². The highest BCUT2D eigenvalue weighted by atomic mass is 32.1. The van der Waals surface area contributed by atoms with E-state index in [1.807, 2.05) is 0 Å². The standard InChI is InChI=1S/C12H9FO2S/c1-8-2-3-9(5-12(8)13)15-10-4-11(6-14)16-7-10/h2-7H,1H3. The van der Waals surface area contributed by atoms with Crippen molar-refractivity contribution in [3.05, 3.63) is 45.9 Å². The third-order valence-corrected chi connectivity index (χ3v) is 2.93. The van der Waals surface area contributed by atoms with Crippen molar-refractivity contribution in [2.75, 3.05) is 0 Å². The topological polar surface area (TPSA) is 26.3 Å². The molecule has 16 heavy (non-hydrogen) atoms. The molecule has 0 aliphatic heterocycles. The van der Waals surface area contributed by atoms with Crippen molar-refractivity contribution >= 4 is 17.6 Å². The van der Waals surface area contributed by atoms with Crippen LogP contribution in [-0.4, -0.2) is 6.29 Å². The minimum absolute atomic E-state index is 0.302. The molecule has 0 N–H and O–H groups in total. The molecule has 0 saturated carbocycles. The lowest BCUT2D eigenvalue weighted by molar-refractivity contribution is 0.112. The summed E-state index contributed by atoms with van der Waals surface area (Å²) in [6.45, 7) is 1.69. The average Bonchev–Trinajstić information content (AvgIpc) is 2.71. The van der Waals surface area contributed by atoms with Crippen LogP contribution in [0.3, 0.4) is 0 Å². The summed E-state index contributed by atoms with van der Waals surface area (Å²) in [6, 6.07) is 6.29. The Morgan fingerprint density at radius 2 is 2.12 bits per heavy atom. The van der Waals surface area contributed by atoms with Gasteiger partial charge in [0.05, 0.1) is 4.88 Å². The summed E-state index contributed by atoms with van der Waals surface area (Å²) in [6.07, 6.45) is 0.757. The number of ether oxygens (including phenoxy) is 1. The van der Waals surface area contributed by atoms with Crippen LogP contribution in [0.25, 0.3) is 0 Å². The third kappa shape index (κ3) is 2.28. The predicted octanol–water partition coefficient (Wildman–Crippen LogP) is 3.80. The summed E-state index contributed by atoms with van der Waals surface area (Å²) in [7, 11) is 0. The van der Waals surface area contributed by atoms with Gasteiger partial charge in [-0.15, -0.1) is 11.3 Å². The van der Waals surface area contributed by atoms with Crippen molar-refractivity contribution in [1.29, 1.82) is 0 Å². The molecule has 0 atom stereocenters. The van der Waals surface area contributed by atoms with Crippen molar-refractivity contribution in [1.82, 2.24) is 0 Å². The Labute approximate surface area is 96.3 Å². The van der Waals surface area contributed by atoms with Crippen LogP contribution in [0.4, 0.5) is 4.39 Å². The Morgan fingerprint density at radius 1 is 1.31 bits per heavy atom. The van der Waals surface area contributed by atoms with Crippen molar-refractivity contribution in [3.8, 4) is 11.5 Å². The first kappa shape index (κ1) is 10.8. The fourth-order valence-corrected chi connectivity index (χ4v) is 1.83. The maximum atomic E-state index is 13.2. The maximum Gasteiger partial charge on any atom is 0.160 e. The van der Waals surface area contributed by atoms with Gasteiger partial charge in [-0.3, -0.25) is 4.79 Å². The first-order chi connectivity index (χ1) is 7.69. The number of hydrogen-bond donors (Lipinski definition) is 0. The highest BCUT2D eigenvalue weighted by molar-refractivity contribution is 7.11. The minimum Gasteiger partial charge on any atom is -0.456 e. The summed E-state index contributed by atoms with van der Waals surface area (Å²) >= 11 is 1.29. The zero-order valence-electron chi connectivity index (χ0n) is 8.57. The molecular formula is C12H9FO2S. The number of halogens is 1. The van der Waals surface area contributed by atoms with Crippen molar-refractivity contribution < 1.29 is 13.9 Å². The zero-order valence-corrected chi connectivity index (χ0v) is 9.38. The summed E-state index contributed by atoms with van der Waals surface area (Å²) in [4.78, 5) is 11.1. The Kier molecular flexibility index (Phi) is 3.01. The van der Waals surface area contributed by atoms with E-state index in [-0.39, 0.29) is 5.82 Å². The van der Waals surface area contributed by atoms with Crippen LogP contribution in [0.1, 0.15) is 15.2 Å². The molecule has 1 aromatic carbocycles. The monoisotopic (exact) mass is 236 g/mol. The van der Waals surface area contributed by atoms with E-state index in [0.717, 1.165) is 6.29 Å². The molecule has 1 aromatic heterocycles. The van der Waals surface area contributed by atoms with E-state index in [9.17, 15) is 9.18 Å². The second-order valence-corrected chi connectivity index (χ2v) is 4.26. The van der Waals surface area contributed by atoms with Crippen LogP contribution < -0.4 is 4.74 Å². The van der Waals surface area contributed by atoms with Crippen molar-refractivity contribution in [2.45, 2.75) is 6.92 Å². The van der Waals surface area contributed by atoms with Crippen molar-refractivity contribution in [3.63, 3.8) is 0 Å². The summed E-state index contributed by atoms with van der Waals surface area (Å²) in [5.41, 5.74) is 0.575. The lowest BCUT2D eigenvalue weighted by Crippen LogP contribution is -1.86. The molecule has 0 aliphatic rings. The number of aryl methyl sites for hydroxylation is 1. The van der Waals surface area contributed by atoms with E-state index < -0.39 is 0 Å². The van der Waals surface area contributed by atoms with Gasteiger partial charge in [0.2, 0.25) is 0 Å². The molecular weight excluding hydrogens is 227 g/mol. The molecule has 0 bridgehead atoms. The lowest BCUT2D eigenvalue weighted by Gasteiger charge is -2.03. The van der Waals surface area contributed by atoms with E-state index in [1.54, 1.807) is 30.5 Å². The maximum absolute atomic E-state index is 13.2. The van der Waals surface area contributed by atoms with Gasteiger partial charge in [0, 0.05) is 17.5 Å². The largest absolute Gasteiger partial charge is 0.456 e. The van der Waals surface area contributed by atoms with E-state index in [4.69, 9.17) is 4.74 Å². The number of carbonyl (C=O) groups is 1. The molecule has 2 nitrogen and oxygen atoms in total. The second kappa shape index (κ2) is 4.45. The normalized spacial score (nSPS) is 10.1. The summed E-state index contributed by atoms with van der Waals surface area (Å²) in [5, 5.41) is 1.71. The Hall–Kier alpha value is -1.68. The van der Waals surface area contributed by atoms with Gasteiger partial charge in [0.25, 0.3) is 0 Å². The van der Waals surface area contributed by atoms with Gasteiger partial charge in [-0.2, -0.15) is 0 Å². The van der Waals surface area contributed by atoms with Gasteiger partial charge in [-0.05, 0) is 18.6 Å². The van der Waals surface area contributed by atoms with Gasteiger partial charge >= 0.3 is 0 Å². The van der Waals surface area contributed by atoms with E-state index in [1.165, 1.54) is 17.4 Å². The second-order valence-electron chi connectivity index (χ2n) is 3.32. The molecule has 0 unspecified atom stereocenters. The fraction of sp³-hybridized carbons (Fsp3) is 0.0833. The molecule has 0 amide bonds. The quantitative estimate of drug-likeness (QED) is 0.758. The van der Waals surface area contributed by atoms with Crippen LogP contribution in [0.15, 0.2) is 29.6 Å². The predicted molar refractivity (Wildman–Crippen MR) is 60.9 cm³/mol. The molecule has 0 aliphatic carbocycles. The summed E-state index contributed by atoms with van der Waals surface area (Å²) < 4.78 is 18.6. The fourth-order valence-electron chi connectivity index (χ4n) is 1.22. The number of thiophene rings is 1. The highest BCUT2D eigenvalue weighted by Crippen LogP contribution is 2.27. The van der Waals surface area contributed by atoms with Crippen LogP contribution >= 0.6 is 11.3 Å². The number of benzene rings is 1. The number of hydrogen-bond acceptors (Lipinski definition) is 3. The van der Waals surface area contributed by atoms with Crippen LogP contribution in [0.2, 0.25) is 0 Å².